The van der Waals surface area contributed by atoms with Crippen LogP contribution < -0.4 is 25.4 Å². The fraction of sp³-hybridized carbons (Fsp3) is 0.231. The van der Waals surface area contributed by atoms with Crippen molar-refractivity contribution in [3.63, 3.8) is 0 Å². The molecule has 6 aromatic rings. The maximum Gasteiger partial charge on any atom is 0.418 e. The standard InChI is InChI=1S/C23H26FN3O4.C15H9F3N2O.CHClO.ClH/c1-28-21-13-16-3-6-23(31-20-5-4-17(25)14-18(20)24)26-19(16)15-22(21)30-10-2-7-27-8-11-29-12-9-27;16-15(17,18)11-6-2-4-8-13(11)20-12-7-3-1-5-10(12)14(21)9-19-20;2-1-3;/h3-6,13-15H,2,7-12,25H2,1H3;1-9H;1H;1H. The fourth-order valence-corrected chi connectivity index (χ4v) is 5.65. The van der Waals surface area contributed by atoms with Gasteiger partial charge in [-0.15, -0.1) is 12.4 Å². The van der Waals surface area contributed by atoms with Gasteiger partial charge in [-0.2, -0.15) is 18.3 Å². The number of fused-ring (bicyclic) bond motifs is 2. The molecule has 0 amide bonds. The average molecular weight is 819 g/mol. The van der Waals surface area contributed by atoms with Gasteiger partial charge in [0, 0.05) is 54.3 Å². The number of nitrogens with two attached hydrogens (primary N) is 1. The number of morpholine rings is 1. The normalized spacial score (nSPS) is 12.7. The summed E-state index contributed by atoms with van der Waals surface area (Å²) >= 11 is 4.32. The van der Waals surface area contributed by atoms with Crippen LogP contribution in [-0.4, -0.2) is 72.0 Å². The molecule has 7 rings (SSSR count). The first-order valence-electron chi connectivity index (χ1n) is 16.8. The summed E-state index contributed by atoms with van der Waals surface area (Å²) < 4.78 is 76.9. The highest BCUT2D eigenvalue weighted by molar-refractivity contribution is 6.54. The SMILES string of the molecule is COc1cc2ccc(Oc3ccc(N)cc3F)nc2cc1OCCCN1CCOCC1.Cl.O=CCl.O=c1cnn(-c2ccccc2C(F)(F)F)c2ccccc12. The van der Waals surface area contributed by atoms with Crippen molar-refractivity contribution in [2.75, 3.05) is 52.3 Å². The summed E-state index contributed by atoms with van der Waals surface area (Å²) in [4.78, 5) is 27.2. The van der Waals surface area contributed by atoms with Crippen molar-refractivity contribution in [3.8, 4) is 28.8 Å². The van der Waals surface area contributed by atoms with Crippen molar-refractivity contribution in [2.24, 2.45) is 0 Å². The lowest BCUT2D eigenvalue weighted by atomic mass is 10.1. The molecule has 1 fully saturated rings. The molecule has 3 heterocycles. The summed E-state index contributed by atoms with van der Waals surface area (Å²) in [5, 5.41) is 5.04. The summed E-state index contributed by atoms with van der Waals surface area (Å²) in [6.45, 7) is 5.02. The number of halogens is 6. The van der Waals surface area contributed by atoms with Crippen LogP contribution in [0.4, 0.5) is 23.2 Å². The molecule has 1 saturated heterocycles. The van der Waals surface area contributed by atoms with Crippen LogP contribution in [0.25, 0.3) is 27.5 Å². The van der Waals surface area contributed by atoms with Gasteiger partial charge in [0.1, 0.15) is 0 Å². The van der Waals surface area contributed by atoms with Crippen LogP contribution in [-0.2, 0) is 15.7 Å². The predicted octanol–water partition coefficient (Wildman–Crippen LogP) is 8.10. The van der Waals surface area contributed by atoms with E-state index in [1.165, 1.54) is 30.3 Å². The minimum absolute atomic E-state index is 0. The van der Waals surface area contributed by atoms with Crippen molar-refractivity contribution >= 4 is 57.2 Å². The van der Waals surface area contributed by atoms with Gasteiger partial charge in [-0.3, -0.25) is 14.5 Å². The molecule has 1 aliphatic rings. The number of nitrogen functional groups attached to an aromatic ring is 1. The Morgan fingerprint density at radius 3 is 2.38 bits per heavy atom. The smallest absolute Gasteiger partial charge is 0.418 e. The molecule has 0 spiro atoms. The van der Waals surface area contributed by atoms with E-state index in [4.69, 9.17) is 29.5 Å². The molecule has 1 aliphatic heterocycles. The molecular formula is C39H37Cl2F4N5O6. The van der Waals surface area contributed by atoms with Gasteiger partial charge in [-0.05, 0) is 66.6 Å². The van der Waals surface area contributed by atoms with Crippen LogP contribution in [0.1, 0.15) is 12.0 Å². The summed E-state index contributed by atoms with van der Waals surface area (Å²) in [6.07, 6.45) is -2.58. The largest absolute Gasteiger partial charge is 0.493 e. The number of nitrogens with zero attached hydrogens (tertiary/aromatic N) is 4. The monoisotopic (exact) mass is 817 g/mol. The van der Waals surface area contributed by atoms with Crippen molar-refractivity contribution in [1.29, 1.82) is 0 Å². The molecule has 296 valence electrons. The van der Waals surface area contributed by atoms with Gasteiger partial charge in [-0.1, -0.05) is 24.3 Å². The van der Waals surface area contributed by atoms with E-state index in [-0.39, 0.29) is 40.9 Å². The van der Waals surface area contributed by atoms with Crippen LogP contribution >= 0.6 is 24.0 Å². The Bertz CT molecular complexity index is 2290. The number of rotatable bonds is 9. The van der Waals surface area contributed by atoms with Crippen molar-refractivity contribution < 1.29 is 41.3 Å². The zero-order chi connectivity index (χ0) is 39.4. The Hall–Kier alpha value is -5.48. The van der Waals surface area contributed by atoms with E-state index >= 15 is 0 Å². The lowest BCUT2D eigenvalue weighted by molar-refractivity contribution is -0.137. The number of alkyl halides is 3. The number of carbonyl (C=O) groups is 1. The number of pyridine rings is 1. The van der Waals surface area contributed by atoms with Crippen LogP contribution in [0.5, 0.6) is 23.1 Å². The molecule has 4 aromatic carbocycles. The third-order valence-corrected chi connectivity index (χ3v) is 8.23. The van der Waals surface area contributed by atoms with Gasteiger partial charge in [-0.25, -0.2) is 14.1 Å². The van der Waals surface area contributed by atoms with Crippen molar-refractivity contribution in [2.45, 2.75) is 12.6 Å². The minimum atomic E-state index is -4.50. The Balaban J connectivity index is 0.000000242. The summed E-state index contributed by atoms with van der Waals surface area (Å²) in [5.74, 6) is 1.27. The number of hydrogen-bond donors (Lipinski definition) is 1. The van der Waals surface area contributed by atoms with Gasteiger partial charge in [0.2, 0.25) is 17.1 Å². The topological polar surface area (TPSA) is 131 Å². The molecule has 0 saturated carbocycles. The second kappa shape index (κ2) is 20.4. The van der Waals surface area contributed by atoms with Crippen LogP contribution in [0.2, 0.25) is 0 Å². The zero-order valence-electron chi connectivity index (χ0n) is 29.9. The van der Waals surface area contributed by atoms with Gasteiger partial charge in [0.15, 0.2) is 23.1 Å². The number of hydrogen-bond acceptors (Lipinski definition) is 10. The molecule has 0 bridgehead atoms. The van der Waals surface area contributed by atoms with Crippen LogP contribution in [0.15, 0.2) is 102 Å². The van der Waals surface area contributed by atoms with E-state index in [1.807, 2.05) is 18.2 Å². The number of aromatic nitrogens is 3. The molecule has 0 unspecified atom stereocenters. The van der Waals surface area contributed by atoms with Gasteiger partial charge in [0.25, 0.3) is 0 Å². The maximum absolute atomic E-state index is 14.0. The first-order valence-corrected chi connectivity index (χ1v) is 17.3. The lowest BCUT2D eigenvalue weighted by Gasteiger charge is -2.26. The highest BCUT2D eigenvalue weighted by Crippen LogP contribution is 2.35. The number of methoxy groups -OCH3 is 1. The molecule has 17 heteroatoms. The van der Waals surface area contributed by atoms with E-state index in [2.05, 4.69) is 26.6 Å². The zero-order valence-corrected chi connectivity index (χ0v) is 31.5. The molecule has 0 atom stereocenters. The summed E-state index contributed by atoms with van der Waals surface area (Å²) in [5.41, 5.74) is 5.68. The Kier molecular flexibility index (Phi) is 15.8. The van der Waals surface area contributed by atoms with E-state index in [9.17, 15) is 22.4 Å². The second-order valence-corrected chi connectivity index (χ2v) is 12.0. The van der Waals surface area contributed by atoms with E-state index in [1.54, 1.807) is 43.5 Å². The highest BCUT2D eigenvalue weighted by Gasteiger charge is 2.34. The molecule has 56 heavy (non-hydrogen) atoms. The molecule has 0 aliphatic carbocycles. The highest BCUT2D eigenvalue weighted by atomic mass is 35.5. The molecule has 2 aromatic heterocycles. The molecule has 2 N–H and O–H groups in total. The van der Waals surface area contributed by atoms with Gasteiger partial charge in [0.05, 0.1) is 55.4 Å². The molecular weight excluding hydrogens is 781 g/mol. The van der Waals surface area contributed by atoms with Crippen LogP contribution in [0.3, 0.4) is 0 Å². The number of anilines is 1. The minimum Gasteiger partial charge on any atom is -0.493 e. The van der Waals surface area contributed by atoms with Crippen LogP contribution in [0, 0.1) is 5.82 Å². The maximum atomic E-state index is 14.0. The number of ether oxygens (including phenoxy) is 4. The van der Waals surface area contributed by atoms with Gasteiger partial charge >= 0.3 is 6.18 Å². The molecule has 11 nitrogen and oxygen atoms in total. The number of benzene rings is 4. The fourth-order valence-electron chi connectivity index (χ4n) is 5.65. The number of para-hydroxylation sites is 2. The average Bonchev–Trinajstić information content (AvgIpc) is 3.18. The van der Waals surface area contributed by atoms with E-state index < -0.39 is 17.6 Å². The summed E-state index contributed by atoms with van der Waals surface area (Å²) in [7, 11) is 1.61. The van der Waals surface area contributed by atoms with Crippen molar-refractivity contribution in [3.05, 3.63) is 119 Å². The quantitative estimate of drug-likeness (QED) is 0.0502. The van der Waals surface area contributed by atoms with Gasteiger partial charge < -0.3 is 24.7 Å². The van der Waals surface area contributed by atoms with Crippen molar-refractivity contribution in [1.82, 2.24) is 19.7 Å². The molecule has 0 radical (unpaired) electrons. The first kappa shape index (κ1) is 43.3. The predicted molar refractivity (Wildman–Crippen MR) is 209 cm³/mol. The summed E-state index contributed by atoms with van der Waals surface area (Å²) in [6, 6.07) is 23.0. The lowest BCUT2D eigenvalue weighted by Crippen LogP contribution is -2.37. The third-order valence-electron chi connectivity index (χ3n) is 8.23. The number of carbonyl (C=O) groups excluding carboxylic acids is 1. The third kappa shape index (κ3) is 11.3. The van der Waals surface area contributed by atoms with E-state index in [0.29, 0.717) is 40.2 Å². The Labute approximate surface area is 329 Å². The Morgan fingerprint density at radius 2 is 1.66 bits per heavy atom. The first-order chi connectivity index (χ1) is 26.5. The second-order valence-electron chi connectivity index (χ2n) is 11.8. The Morgan fingerprint density at radius 1 is 0.946 bits per heavy atom. The van der Waals surface area contributed by atoms with E-state index in [0.717, 1.165) is 61.6 Å².